The smallest absolute Gasteiger partial charge is 0.340 e. The van der Waals surface area contributed by atoms with Crippen LogP contribution in [-0.2, 0) is 4.74 Å². The predicted molar refractivity (Wildman–Crippen MR) is 76.5 cm³/mol. The number of pyridine rings is 1. The molecular weight excluding hydrogens is 270 g/mol. The van der Waals surface area contributed by atoms with Gasteiger partial charge in [0, 0.05) is 18.0 Å². The number of carbonyl (C=O) groups is 2. The highest BCUT2D eigenvalue weighted by Gasteiger charge is 2.11. The van der Waals surface area contributed by atoms with E-state index < -0.39 is 5.97 Å². The van der Waals surface area contributed by atoms with Gasteiger partial charge in [0.1, 0.15) is 5.75 Å². The van der Waals surface area contributed by atoms with Gasteiger partial charge in [0.2, 0.25) is 0 Å². The standard InChI is InChI=1S/C16H15NO4/c1-2-20-14-7-5-12(6-8-14)15(18)11-21-16(19)13-4-3-9-17-10-13/h3-10H,2,11H2,1H3. The number of nitrogens with zero attached hydrogens (tertiary/aromatic N) is 1. The fourth-order valence-corrected chi connectivity index (χ4v) is 1.68. The lowest BCUT2D eigenvalue weighted by Crippen LogP contribution is -2.14. The van der Waals surface area contributed by atoms with Crippen LogP contribution in [0.2, 0.25) is 0 Å². The van der Waals surface area contributed by atoms with E-state index in [0.717, 1.165) is 0 Å². The number of ether oxygens (including phenoxy) is 2. The van der Waals surface area contributed by atoms with Crippen LogP contribution in [0.1, 0.15) is 27.6 Å². The van der Waals surface area contributed by atoms with E-state index in [1.807, 2.05) is 6.92 Å². The Balaban J connectivity index is 1.91. The van der Waals surface area contributed by atoms with Crippen molar-refractivity contribution in [3.8, 4) is 5.75 Å². The Kier molecular flexibility index (Phi) is 5.04. The minimum Gasteiger partial charge on any atom is -0.494 e. The molecule has 0 aliphatic heterocycles. The van der Waals surface area contributed by atoms with E-state index in [2.05, 4.69) is 4.98 Å². The van der Waals surface area contributed by atoms with E-state index in [0.29, 0.717) is 23.5 Å². The highest BCUT2D eigenvalue weighted by atomic mass is 16.5. The van der Waals surface area contributed by atoms with Crippen molar-refractivity contribution in [3.63, 3.8) is 0 Å². The summed E-state index contributed by atoms with van der Waals surface area (Å²) in [6, 6.07) is 9.91. The summed E-state index contributed by atoms with van der Waals surface area (Å²) in [5.41, 5.74) is 0.787. The molecule has 1 heterocycles. The molecule has 0 saturated carbocycles. The fourth-order valence-electron chi connectivity index (χ4n) is 1.68. The molecular formula is C16H15NO4. The van der Waals surface area contributed by atoms with Gasteiger partial charge in [-0.1, -0.05) is 0 Å². The topological polar surface area (TPSA) is 65.5 Å². The van der Waals surface area contributed by atoms with E-state index in [1.165, 1.54) is 6.20 Å². The highest BCUT2D eigenvalue weighted by Crippen LogP contribution is 2.12. The van der Waals surface area contributed by atoms with Crippen molar-refractivity contribution >= 4 is 11.8 Å². The van der Waals surface area contributed by atoms with E-state index in [1.54, 1.807) is 42.6 Å². The Bertz CT molecular complexity index is 608. The van der Waals surface area contributed by atoms with Gasteiger partial charge < -0.3 is 9.47 Å². The maximum atomic E-state index is 11.9. The lowest BCUT2D eigenvalue weighted by molar-refractivity contribution is 0.0474. The van der Waals surface area contributed by atoms with Crippen LogP contribution in [0.5, 0.6) is 5.75 Å². The summed E-state index contributed by atoms with van der Waals surface area (Å²) in [6.45, 7) is 2.15. The Hall–Kier alpha value is -2.69. The van der Waals surface area contributed by atoms with Gasteiger partial charge in [0.25, 0.3) is 0 Å². The molecule has 1 aromatic carbocycles. The molecule has 108 valence electrons. The molecule has 2 aromatic rings. The molecule has 0 N–H and O–H groups in total. The first-order chi connectivity index (χ1) is 10.2. The third-order valence-corrected chi connectivity index (χ3v) is 2.72. The van der Waals surface area contributed by atoms with E-state index >= 15 is 0 Å². The maximum Gasteiger partial charge on any atom is 0.340 e. The van der Waals surface area contributed by atoms with Crippen LogP contribution in [0.15, 0.2) is 48.8 Å². The number of ketones is 1. The van der Waals surface area contributed by atoms with Gasteiger partial charge in [-0.25, -0.2) is 4.79 Å². The zero-order valence-corrected chi connectivity index (χ0v) is 11.6. The van der Waals surface area contributed by atoms with Crippen LogP contribution in [0, 0.1) is 0 Å². The second-order valence-corrected chi connectivity index (χ2v) is 4.20. The van der Waals surface area contributed by atoms with Crippen LogP contribution in [0.25, 0.3) is 0 Å². The molecule has 0 unspecified atom stereocenters. The average molecular weight is 285 g/mol. The monoisotopic (exact) mass is 285 g/mol. The van der Waals surface area contributed by atoms with Crippen molar-refractivity contribution in [2.45, 2.75) is 6.92 Å². The molecule has 0 saturated heterocycles. The van der Waals surface area contributed by atoms with Crippen molar-refractivity contribution < 1.29 is 19.1 Å². The summed E-state index contributed by atoms with van der Waals surface area (Å²) in [7, 11) is 0. The lowest BCUT2D eigenvalue weighted by atomic mass is 10.1. The molecule has 21 heavy (non-hydrogen) atoms. The second kappa shape index (κ2) is 7.19. The largest absolute Gasteiger partial charge is 0.494 e. The number of esters is 1. The third kappa shape index (κ3) is 4.14. The molecule has 0 radical (unpaired) electrons. The van der Waals surface area contributed by atoms with Crippen LogP contribution in [0.3, 0.4) is 0 Å². The summed E-state index contributed by atoms with van der Waals surface area (Å²) in [5.74, 6) is -0.140. The number of rotatable bonds is 6. The van der Waals surface area contributed by atoms with Crippen molar-refractivity contribution in [1.29, 1.82) is 0 Å². The molecule has 0 spiro atoms. The highest BCUT2D eigenvalue weighted by molar-refractivity contribution is 5.99. The summed E-state index contributed by atoms with van der Waals surface area (Å²) >= 11 is 0. The number of aromatic nitrogens is 1. The molecule has 2 rings (SSSR count). The molecule has 1 aromatic heterocycles. The molecule has 5 nitrogen and oxygen atoms in total. The molecule has 0 bridgehead atoms. The number of carbonyl (C=O) groups excluding carboxylic acids is 2. The maximum absolute atomic E-state index is 11.9. The Labute approximate surface area is 122 Å². The van der Waals surface area contributed by atoms with Gasteiger partial charge in [0.15, 0.2) is 12.4 Å². The number of hydrogen-bond donors (Lipinski definition) is 0. The van der Waals surface area contributed by atoms with Crippen molar-refractivity contribution in [3.05, 3.63) is 59.9 Å². The van der Waals surface area contributed by atoms with Crippen LogP contribution >= 0.6 is 0 Å². The van der Waals surface area contributed by atoms with E-state index in [-0.39, 0.29) is 12.4 Å². The Morgan fingerprint density at radius 1 is 1.10 bits per heavy atom. The van der Waals surface area contributed by atoms with Gasteiger partial charge in [-0.05, 0) is 43.3 Å². The quantitative estimate of drug-likeness (QED) is 0.602. The Morgan fingerprint density at radius 2 is 1.86 bits per heavy atom. The average Bonchev–Trinajstić information content (AvgIpc) is 2.54. The predicted octanol–water partition coefficient (Wildman–Crippen LogP) is 2.52. The number of hydrogen-bond acceptors (Lipinski definition) is 5. The van der Waals surface area contributed by atoms with Crippen LogP contribution in [-0.4, -0.2) is 30.0 Å². The third-order valence-electron chi connectivity index (χ3n) is 2.72. The van der Waals surface area contributed by atoms with Crippen LogP contribution < -0.4 is 4.74 Å². The fraction of sp³-hybridized carbons (Fsp3) is 0.188. The van der Waals surface area contributed by atoms with Gasteiger partial charge in [-0.3, -0.25) is 9.78 Å². The summed E-state index contributed by atoms with van der Waals surface area (Å²) in [6.07, 6.45) is 2.95. The molecule has 0 aliphatic carbocycles. The Morgan fingerprint density at radius 3 is 2.48 bits per heavy atom. The summed E-state index contributed by atoms with van der Waals surface area (Å²) in [4.78, 5) is 27.4. The minimum absolute atomic E-state index is 0.268. The molecule has 0 amide bonds. The summed E-state index contributed by atoms with van der Waals surface area (Å²) in [5, 5.41) is 0. The first kappa shape index (κ1) is 14.7. The molecule has 5 heteroatoms. The number of benzene rings is 1. The van der Waals surface area contributed by atoms with Gasteiger partial charge in [-0.2, -0.15) is 0 Å². The molecule has 0 aliphatic rings. The molecule has 0 fully saturated rings. The minimum atomic E-state index is -0.567. The van der Waals surface area contributed by atoms with Gasteiger partial charge >= 0.3 is 5.97 Å². The second-order valence-electron chi connectivity index (χ2n) is 4.20. The van der Waals surface area contributed by atoms with Crippen molar-refractivity contribution in [2.75, 3.05) is 13.2 Å². The molecule has 0 atom stereocenters. The normalized spacial score (nSPS) is 9.95. The van der Waals surface area contributed by atoms with Crippen molar-refractivity contribution in [2.24, 2.45) is 0 Å². The van der Waals surface area contributed by atoms with Gasteiger partial charge in [0.05, 0.1) is 12.2 Å². The van der Waals surface area contributed by atoms with E-state index in [9.17, 15) is 9.59 Å². The first-order valence-electron chi connectivity index (χ1n) is 6.54. The van der Waals surface area contributed by atoms with E-state index in [4.69, 9.17) is 9.47 Å². The SMILES string of the molecule is CCOc1ccc(C(=O)COC(=O)c2cccnc2)cc1. The summed E-state index contributed by atoms with van der Waals surface area (Å²) < 4.78 is 10.3. The zero-order valence-electron chi connectivity index (χ0n) is 11.6. The number of Topliss-reactive ketones (excluding diaryl/α,β-unsaturated/α-hetero) is 1. The van der Waals surface area contributed by atoms with Gasteiger partial charge in [-0.15, -0.1) is 0 Å². The zero-order chi connectivity index (χ0) is 15.1. The first-order valence-corrected chi connectivity index (χ1v) is 6.54. The van der Waals surface area contributed by atoms with Crippen molar-refractivity contribution in [1.82, 2.24) is 4.98 Å². The lowest BCUT2D eigenvalue weighted by Gasteiger charge is -2.06. The van der Waals surface area contributed by atoms with Crippen LogP contribution in [0.4, 0.5) is 0 Å².